The second-order valence-electron chi connectivity index (χ2n) is 6.27. The molecular formula is C17H22BrFN2O2. The molecule has 2 aliphatic heterocycles. The Morgan fingerprint density at radius 3 is 2.61 bits per heavy atom. The molecule has 0 spiro atoms. The van der Waals surface area contributed by atoms with Crippen LogP contribution in [0.2, 0.25) is 0 Å². The molecule has 0 atom stereocenters. The fourth-order valence-corrected chi connectivity index (χ4v) is 3.66. The van der Waals surface area contributed by atoms with E-state index in [4.69, 9.17) is 4.74 Å². The van der Waals surface area contributed by atoms with Crippen molar-refractivity contribution in [2.24, 2.45) is 5.92 Å². The number of nitrogens with zero attached hydrogens (tertiary/aromatic N) is 2. The van der Waals surface area contributed by atoms with Gasteiger partial charge < -0.3 is 9.64 Å². The fraction of sp³-hybridized carbons (Fsp3) is 0.588. The molecular weight excluding hydrogens is 363 g/mol. The van der Waals surface area contributed by atoms with E-state index in [1.807, 2.05) is 0 Å². The molecule has 1 aromatic carbocycles. The second-order valence-corrected chi connectivity index (χ2v) is 7.19. The minimum Gasteiger partial charge on any atom is -0.379 e. The average molecular weight is 385 g/mol. The van der Waals surface area contributed by atoms with Crippen LogP contribution in [0.4, 0.5) is 4.39 Å². The number of hydrogen-bond donors (Lipinski definition) is 0. The van der Waals surface area contributed by atoms with Crippen molar-refractivity contribution in [3.05, 3.63) is 34.1 Å². The summed E-state index contributed by atoms with van der Waals surface area (Å²) in [7, 11) is 0. The maximum absolute atomic E-state index is 13.9. The van der Waals surface area contributed by atoms with E-state index in [0.717, 1.165) is 50.2 Å². The third-order valence-electron chi connectivity index (χ3n) is 4.68. The van der Waals surface area contributed by atoms with Gasteiger partial charge in [-0.1, -0.05) is 15.9 Å². The van der Waals surface area contributed by atoms with Crippen LogP contribution in [0.15, 0.2) is 22.7 Å². The summed E-state index contributed by atoms with van der Waals surface area (Å²) in [5, 5.41) is 0. The zero-order valence-corrected chi connectivity index (χ0v) is 14.7. The summed E-state index contributed by atoms with van der Waals surface area (Å²) in [5.41, 5.74) is 0.158. The van der Waals surface area contributed by atoms with Gasteiger partial charge in [0.2, 0.25) is 0 Å². The van der Waals surface area contributed by atoms with Gasteiger partial charge in [-0.25, -0.2) is 4.39 Å². The molecule has 23 heavy (non-hydrogen) atoms. The largest absolute Gasteiger partial charge is 0.379 e. The van der Waals surface area contributed by atoms with Gasteiger partial charge in [0.15, 0.2) is 0 Å². The van der Waals surface area contributed by atoms with Crippen molar-refractivity contribution >= 4 is 21.8 Å². The van der Waals surface area contributed by atoms with Crippen molar-refractivity contribution in [1.29, 1.82) is 0 Å². The van der Waals surface area contributed by atoms with Gasteiger partial charge in [-0.2, -0.15) is 0 Å². The van der Waals surface area contributed by atoms with E-state index in [1.54, 1.807) is 17.0 Å². The second kappa shape index (κ2) is 7.73. The van der Waals surface area contributed by atoms with E-state index in [0.29, 0.717) is 19.0 Å². The molecule has 1 amide bonds. The van der Waals surface area contributed by atoms with Crippen LogP contribution in [-0.2, 0) is 4.74 Å². The summed E-state index contributed by atoms with van der Waals surface area (Å²) in [6, 6.07) is 4.51. The SMILES string of the molecule is O=C(c1cc(Br)ccc1F)N1CCC(CN2CCOCC2)CC1. The van der Waals surface area contributed by atoms with Gasteiger partial charge >= 0.3 is 0 Å². The molecule has 0 aromatic heterocycles. The Labute approximate surface area is 144 Å². The summed E-state index contributed by atoms with van der Waals surface area (Å²) < 4.78 is 20.0. The first-order valence-corrected chi connectivity index (χ1v) is 8.97. The number of benzene rings is 1. The molecule has 0 saturated carbocycles. The zero-order valence-electron chi connectivity index (χ0n) is 13.1. The highest BCUT2D eigenvalue weighted by atomic mass is 79.9. The van der Waals surface area contributed by atoms with Crippen molar-refractivity contribution in [3.63, 3.8) is 0 Å². The van der Waals surface area contributed by atoms with Crippen LogP contribution in [0.3, 0.4) is 0 Å². The van der Waals surface area contributed by atoms with Gasteiger partial charge in [-0.3, -0.25) is 9.69 Å². The highest BCUT2D eigenvalue weighted by molar-refractivity contribution is 9.10. The number of rotatable bonds is 3. The fourth-order valence-electron chi connectivity index (χ4n) is 3.30. The molecule has 2 heterocycles. The summed E-state index contributed by atoms with van der Waals surface area (Å²) in [4.78, 5) is 16.7. The van der Waals surface area contributed by atoms with Crippen LogP contribution < -0.4 is 0 Å². The van der Waals surface area contributed by atoms with Gasteiger partial charge in [0.05, 0.1) is 18.8 Å². The first kappa shape index (κ1) is 16.9. The summed E-state index contributed by atoms with van der Waals surface area (Å²) in [6.45, 7) is 6.14. The highest BCUT2D eigenvalue weighted by Gasteiger charge is 2.26. The van der Waals surface area contributed by atoms with E-state index >= 15 is 0 Å². The Balaban J connectivity index is 1.53. The Hall–Kier alpha value is -0.980. The molecule has 0 aliphatic carbocycles. The number of ether oxygens (including phenoxy) is 1. The van der Waals surface area contributed by atoms with Crippen molar-refractivity contribution in [2.45, 2.75) is 12.8 Å². The predicted octanol–water partition coefficient (Wildman–Crippen LogP) is 2.77. The summed E-state index contributed by atoms with van der Waals surface area (Å²) >= 11 is 3.30. The quantitative estimate of drug-likeness (QED) is 0.802. The Morgan fingerprint density at radius 1 is 1.22 bits per heavy atom. The Kier molecular flexibility index (Phi) is 5.67. The van der Waals surface area contributed by atoms with Crippen molar-refractivity contribution in [2.75, 3.05) is 45.9 Å². The lowest BCUT2D eigenvalue weighted by atomic mass is 9.95. The molecule has 2 aliphatic rings. The minimum atomic E-state index is -0.450. The summed E-state index contributed by atoms with van der Waals surface area (Å²) in [6.07, 6.45) is 1.97. The van der Waals surface area contributed by atoms with Crippen LogP contribution in [-0.4, -0.2) is 61.6 Å². The lowest BCUT2D eigenvalue weighted by Crippen LogP contribution is -2.44. The van der Waals surface area contributed by atoms with Crippen molar-refractivity contribution in [1.82, 2.24) is 9.80 Å². The first-order valence-electron chi connectivity index (χ1n) is 8.18. The van der Waals surface area contributed by atoms with Crippen LogP contribution >= 0.6 is 15.9 Å². The minimum absolute atomic E-state index is 0.158. The first-order chi connectivity index (χ1) is 11.1. The smallest absolute Gasteiger partial charge is 0.256 e. The van der Waals surface area contributed by atoms with E-state index in [1.165, 1.54) is 6.07 Å². The molecule has 2 fully saturated rings. The Bertz CT molecular complexity index is 556. The molecule has 126 valence electrons. The Morgan fingerprint density at radius 2 is 1.91 bits per heavy atom. The number of hydrogen-bond acceptors (Lipinski definition) is 3. The van der Waals surface area contributed by atoms with Gasteiger partial charge in [-0.05, 0) is 37.0 Å². The molecule has 0 radical (unpaired) electrons. The molecule has 3 rings (SSSR count). The monoisotopic (exact) mass is 384 g/mol. The van der Waals surface area contributed by atoms with Crippen molar-refractivity contribution in [3.8, 4) is 0 Å². The highest BCUT2D eigenvalue weighted by Crippen LogP contribution is 2.23. The third kappa shape index (κ3) is 4.31. The number of piperidine rings is 1. The standard InChI is InChI=1S/C17H22BrFN2O2/c18-14-1-2-16(19)15(11-14)17(22)21-5-3-13(4-6-21)12-20-7-9-23-10-8-20/h1-2,11,13H,3-10,12H2. The lowest BCUT2D eigenvalue weighted by Gasteiger charge is -2.36. The van der Waals surface area contributed by atoms with Crippen LogP contribution in [0, 0.1) is 11.7 Å². The predicted molar refractivity (Wildman–Crippen MR) is 90.0 cm³/mol. The number of halogens is 2. The topological polar surface area (TPSA) is 32.8 Å². The van der Waals surface area contributed by atoms with Crippen LogP contribution in [0.25, 0.3) is 0 Å². The zero-order chi connectivity index (χ0) is 16.2. The van der Waals surface area contributed by atoms with E-state index in [2.05, 4.69) is 20.8 Å². The lowest BCUT2D eigenvalue weighted by molar-refractivity contribution is 0.0242. The van der Waals surface area contributed by atoms with Gasteiger partial charge in [0.1, 0.15) is 5.82 Å². The normalized spacial score (nSPS) is 20.7. The number of likely N-dealkylation sites (tertiary alicyclic amines) is 1. The molecule has 6 heteroatoms. The van der Waals surface area contributed by atoms with Gasteiger partial charge in [-0.15, -0.1) is 0 Å². The van der Waals surface area contributed by atoms with E-state index in [9.17, 15) is 9.18 Å². The number of amides is 1. The van der Waals surface area contributed by atoms with E-state index < -0.39 is 5.82 Å². The van der Waals surface area contributed by atoms with Gasteiger partial charge in [0, 0.05) is 37.2 Å². The maximum Gasteiger partial charge on any atom is 0.256 e. The number of morpholine rings is 1. The number of carbonyl (C=O) groups is 1. The molecule has 0 bridgehead atoms. The average Bonchev–Trinajstić information content (AvgIpc) is 2.58. The molecule has 2 saturated heterocycles. The maximum atomic E-state index is 13.9. The molecule has 1 aromatic rings. The van der Waals surface area contributed by atoms with E-state index in [-0.39, 0.29) is 11.5 Å². The van der Waals surface area contributed by atoms with Crippen molar-refractivity contribution < 1.29 is 13.9 Å². The van der Waals surface area contributed by atoms with Crippen LogP contribution in [0.1, 0.15) is 23.2 Å². The number of carbonyl (C=O) groups excluding carboxylic acids is 1. The van der Waals surface area contributed by atoms with Gasteiger partial charge in [0.25, 0.3) is 5.91 Å². The van der Waals surface area contributed by atoms with Crippen LogP contribution in [0.5, 0.6) is 0 Å². The molecule has 4 nitrogen and oxygen atoms in total. The summed E-state index contributed by atoms with van der Waals surface area (Å²) in [5.74, 6) is -0.0354. The molecule has 0 unspecified atom stereocenters. The third-order valence-corrected chi connectivity index (χ3v) is 5.17. The molecule has 0 N–H and O–H groups in total.